The molecule has 2 aromatic rings. The summed E-state index contributed by atoms with van der Waals surface area (Å²) < 4.78 is 13.7. The Kier molecular flexibility index (Phi) is 3.25. The van der Waals surface area contributed by atoms with Crippen molar-refractivity contribution in [2.45, 2.75) is 18.4 Å². The molecule has 0 heterocycles. The highest BCUT2D eigenvalue weighted by atomic mass is 19.1. The second kappa shape index (κ2) is 5.09. The summed E-state index contributed by atoms with van der Waals surface area (Å²) in [5.41, 5.74) is 7.31. The fourth-order valence-electron chi connectivity index (χ4n) is 2.50. The van der Waals surface area contributed by atoms with E-state index < -0.39 is 17.3 Å². The van der Waals surface area contributed by atoms with E-state index in [0.29, 0.717) is 11.6 Å². The highest BCUT2D eigenvalue weighted by Crippen LogP contribution is 2.43. The number of carboxylic acids is 1. The Morgan fingerprint density at radius 1 is 1.29 bits per heavy atom. The monoisotopic (exact) mass is 286 g/mol. The van der Waals surface area contributed by atoms with Crippen molar-refractivity contribution in [3.05, 3.63) is 59.4 Å². The van der Waals surface area contributed by atoms with E-state index in [1.807, 2.05) is 18.2 Å². The fraction of sp³-hybridized carbons (Fsp3) is 0.188. The van der Waals surface area contributed by atoms with Crippen LogP contribution >= 0.6 is 0 Å². The van der Waals surface area contributed by atoms with Crippen molar-refractivity contribution in [3.63, 3.8) is 0 Å². The van der Waals surface area contributed by atoms with Crippen molar-refractivity contribution in [3.8, 4) is 0 Å². The molecule has 0 spiro atoms. The second-order valence-corrected chi connectivity index (χ2v) is 5.23. The van der Waals surface area contributed by atoms with Crippen molar-refractivity contribution in [1.82, 2.24) is 0 Å². The van der Waals surface area contributed by atoms with Crippen LogP contribution in [0.5, 0.6) is 0 Å². The number of nitrogens with two attached hydrogens (primary N) is 1. The Balaban J connectivity index is 1.75. The molecule has 0 aromatic heterocycles. The van der Waals surface area contributed by atoms with Crippen LogP contribution in [0.15, 0.2) is 42.5 Å². The van der Waals surface area contributed by atoms with Crippen LogP contribution in [0.3, 0.4) is 0 Å². The van der Waals surface area contributed by atoms with Crippen molar-refractivity contribution >= 4 is 17.3 Å². The maximum absolute atomic E-state index is 13.7. The van der Waals surface area contributed by atoms with Crippen LogP contribution in [0.4, 0.5) is 15.8 Å². The Morgan fingerprint density at radius 3 is 2.67 bits per heavy atom. The van der Waals surface area contributed by atoms with Gasteiger partial charge < -0.3 is 16.2 Å². The molecule has 2 atom stereocenters. The van der Waals surface area contributed by atoms with Gasteiger partial charge in [-0.05, 0) is 24.1 Å². The Bertz CT molecular complexity index is 688. The lowest BCUT2D eigenvalue weighted by atomic mass is 10.1. The van der Waals surface area contributed by atoms with Gasteiger partial charge in [0.25, 0.3) is 0 Å². The summed E-state index contributed by atoms with van der Waals surface area (Å²) in [7, 11) is 0. The zero-order chi connectivity index (χ0) is 15.0. The molecule has 4 nitrogen and oxygen atoms in total. The highest BCUT2D eigenvalue weighted by Gasteiger charge is 2.38. The number of halogens is 1. The van der Waals surface area contributed by atoms with E-state index in [-0.39, 0.29) is 11.7 Å². The average Bonchev–Trinajstić information content (AvgIpc) is 3.22. The largest absolute Gasteiger partial charge is 0.478 e. The summed E-state index contributed by atoms with van der Waals surface area (Å²) in [6.07, 6.45) is 0.950. The van der Waals surface area contributed by atoms with Gasteiger partial charge >= 0.3 is 5.97 Å². The molecule has 2 aromatic carbocycles. The summed E-state index contributed by atoms with van der Waals surface area (Å²) >= 11 is 0. The molecule has 3 rings (SSSR count). The van der Waals surface area contributed by atoms with Gasteiger partial charge in [-0.2, -0.15) is 0 Å². The summed E-state index contributed by atoms with van der Waals surface area (Å²) in [6, 6.07) is 12.6. The molecular formula is C16H15FN2O2. The normalized spacial score (nSPS) is 20.0. The molecule has 2 unspecified atom stereocenters. The molecule has 1 fully saturated rings. The minimum atomic E-state index is -1.32. The first kappa shape index (κ1) is 13.4. The summed E-state index contributed by atoms with van der Waals surface area (Å²) in [5.74, 6) is -1.72. The molecule has 0 saturated heterocycles. The molecule has 4 N–H and O–H groups in total. The zero-order valence-corrected chi connectivity index (χ0v) is 11.2. The van der Waals surface area contributed by atoms with E-state index in [1.165, 1.54) is 5.56 Å². The van der Waals surface area contributed by atoms with Gasteiger partial charge in [-0.15, -0.1) is 0 Å². The number of rotatable bonds is 4. The first-order valence-corrected chi connectivity index (χ1v) is 6.70. The van der Waals surface area contributed by atoms with Gasteiger partial charge in [0.15, 0.2) is 0 Å². The molecule has 0 amide bonds. The lowest BCUT2D eigenvalue weighted by Crippen LogP contribution is -2.09. The smallest absolute Gasteiger partial charge is 0.338 e. The average molecular weight is 286 g/mol. The minimum absolute atomic E-state index is 0.199. The van der Waals surface area contributed by atoms with Crippen LogP contribution in [-0.2, 0) is 0 Å². The van der Waals surface area contributed by atoms with E-state index in [4.69, 9.17) is 10.8 Å². The topological polar surface area (TPSA) is 75.4 Å². The number of aromatic carboxylic acids is 1. The molecule has 0 aliphatic heterocycles. The lowest BCUT2D eigenvalue weighted by Gasteiger charge is -2.11. The van der Waals surface area contributed by atoms with Crippen LogP contribution in [-0.4, -0.2) is 17.1 Å². The molecule has 1 saturated carbocycles. The molecule has 1 aliphatic rings. The van der Waals surface area contributed by atoms with Gasteiger partial charge in [0.1, 0.15) is 5.82 Å². The van der Waals surface area contributed by atoms with Crippen LogP contribution in [0.1, 0.15) is 28.3 Å². The van der Waals surface area contributed by atoms with Gasteiger partial charge in [0.05, 0.1) is 16.9 Å². The third-order valence-corrected chi connectivity index (χ3v) is 3.73. The first-order valence-electron chi connectivity index (χ1n) is 6.70. The number of carbonyl (C=O) groups is 1. The molecular weight excluding hydrogens is 271 g/mol. The van der Waals surface area contributed by atoms with Crippen LogP contribution in [0.2, 0.25) is 0 Å². The third kappa shape index (κ3) is 2.67. The number of nitrogens with one attached hydrogen (secondary N) is 1. The van der Waals surface area contributed by atoms with E-state index in [1.54, 1.807) is 0 Å². The predicted octanol–water partition coefficient (Wildman–Crippen LogP) is 3.07. The number of anilines is 2. The van der Waals surface area contributed by atoms with Gasteiger partial charge in [-0.3, -0.25) is 0 Å². The van der Waals surface area contributed by atoms with E-state index in [9.17, 15) is 9.18 Å². The molecule has 21 heavy (non-hydrogen) atoms. The summed E-state index contributed by atoms with van der Waals surface area (Å²) in [4.78, 5) is 10.8. The Hall–Kier alpha value is -2.56. The molecule has 1 aliphatic carbocycles. The highest BCUT2D eigenvalue weighted by molar-refractivity contribution is 5.90. The summed E-state index contributed by atoms with van der Waals surface area (Å²) in [5, 5.41) is 12.0. The predicted molar refractivity (Wildman–Crippen MR) is 79.0 cm³/mol. The summed E-state index contributed by atoms with van der Waals surface area (Å²) in [6.45, 7) is 0. The van der Waals surface area contributed by atoms with Gasteiger partial charge in [-0.1, -0.05) is 30.3 Å². The number of hydrogen-bond acceptors (Lipinski definition) is 3. The van der Waals surface area contributed by atoms with Crippen LogP contribution in [0, 0.1) is 5.82 Å². The maximum Gasteiger partial charge on any atom is 0.338 e. The van der Waals surface area contributed by atoms with Gasteiger partial charge in [-0.25, -0.2) is 9.18 Å². The molecule has 5 heteroatoms. The molecule has 108 valence electrons. The van der Waals surface area contributed by atoms with E-state index in [2.05, 4.69) is 17.4 Å². The van der Waals surface area contributed by atoms with Crippen molar-refractivity contribution < 1.29 is 14.3 Å². The van der Waals surface area contributed by atoms with Crippen LogP contribution in [0.25, 0.3) is 0 Å². The van der Waals surface area contributed by atoms with E-state index >= 15 is 0 Å². The first-order chi connectivity index (χ1) is 10.1. The SMILES string of the molecule is Nc1cc(C(=O)O)c(F)cc1NC1CC1c1ccccc1. The van der Waals surface area contributed by atoms with Gasteiger partial charge in [0.2, 0.25) is 0 Å². The van der Waals surface area contributed by atoms with E-state index in [0.717, 1.165) is 18.6 Å². The third-order valence-electron chi connectivity index (χ3n) is 3.73. The number of hydrogen-bond donors (Lipinski definition) is 3. The lowest BCUT2D eigenvalue weighted by molar-refractivity contribution is 0.0692. The van der Waals surface area contributed by atoms with Gasteiger partial charge in [0, 0.05) is 12.0 Å². The standard InChI is InChI=1S/C16H15FN2O2/c17-12-8-15(13(18)6-11(12)16(20)21)19-14-7-10(14)9-4-2-1-3-5-9/h1-6,8,10,14,19H,7,18H2,(H,20,21). The number of carboxylic acid groups (broad SMARTS) is 1. The zero-order valence-electron chi connectivity index (χ0n) is 11.2. The molecule has 0 radical (unpaired) electrons. The van der Waals surface area contributed by atoms with Crippen molar-refractivity contribution in [2.24, 2.45) is 0 Å². The quantitative estimate of drug-likeness (QED) is 0.755. The number of benzene rings is 2. The van der Waals surface area contributed by atoms with Crippen LogP contribution < -0.4 is 11.1 Å². The number of nitrogen functional groups attached to an aromatic ring is 1. The molecule has 0 bridgehead atoms. The maximum atomic E-state index is 13.7. The van der Waals surface area contributed by atoms with Crippen molar-refractivity contribution in [2.75, 3.05) is 11.1 Å². The van der Waals surface area contributed by atoms with Crippen molar-refractivity contribution in [1.29, 1.82) is 0 Å². The fourth-order valence-corrected chi connectivity index (χ4v) is 2.50. The Morgan fingerprint density at radius 2 is 2.00 bits per heavy atom. The Labute approximate surface area is 121 Å². The minimum Gasteiger partial charge on any atom is -0.478 e. The second-order valence-electron chi connectivity index (χ2n) is 5.23.